The molecule has 10 heteroatoms. The van der Waals surface area contributed by atoms with Crippen LogP contribution in [0.15, 0.2) is 12.2 Å². The van der Waals surface area contributed by atoms with E-state index in [2.05, 4.69) is 0 Å². The summed E-state index contributed by atoms with van der Waals surface area (Å²) >= 11 is 0. The molecule has 0 fully saturated rings. The minimum atomic E-state index is -5.52. The van der Waals surface area contributed by atoms with E-state index >= 15 is 0 Å². The number of aliphatic carboxylic acids is 1. The number of alkyl halides is 5. The monoisotopic (exact) mass is 377 g/mol. The minimum Gasteiger partial charge on any atom is -0.480 e. The second-order valence-corrected chi connectivity index (χ2v) is 5.87. The second-order valence-electron chi connectivity index (χ2n) is 5.87. The third-order valence-electron chi connectivity index (χ3n) is 3.80. The first-order valence-electron chi connectivity index (χ1n) is 7.79. The van der Waals surface area contributed by atoms with E-state index in [4.69, 9.17) is 15.9 Å². The van der Waals surface area contributed by atoms with Crippen LogP contribution in [0.25, 0.3) is 0 Å². The average Bonchev–Trinajstić information content (AvgIpc) is 2.50. The van der Waals surface area contributed by atoms with E-state index in [0.29, 0.717) is 12.8 Å². The molecule has 0 aromatic heterocycles. The first kappa shape index (κ1) is 23.7. The Labute approximate surface area is 142 Å². The number of halogens is 5. The highest BCUT2D eigenvalue weighted by atomic mass is 19.4. The van der Waals surface area contributed by atoms with Crippen molar-refractivity contribution in [3.63, 3.8) is 0 Å². The van der Waals surface area contributed by atoms with Crippen molar-refractivity contribution in [3.05, 3.63) is 12.2 Å². The Kier molecular flexibility index (Phi) is 9.52. The molecular formula is C15H24F5NO4. The lowest BCUT2D eigenvalue weighted by Gasteiger charge is -2.27. The fraction of sp³-hybridized carbons (Fsp3) is 0.800. The highest BCUT2D eigenvalue weighted by molar-refractivity contribution is 5.79. The molecule has 0 rings (SSSR count). The smallest absolute Gasteiger partial charge is 0.453 e. The maximum absolute atomic E-state index is 12.6. The molecule has 0 bridgehead atoms. The Hall–Kier alpha value is -1.26. The molecule has 148 valence electrons. The SMILES string of the molecule is NC(CO)(C(=O)O)C(O)CC/C=C/CCCCCC(F)(F)C(F)(F)F. The number of aliphatic hydroxyl groups excluding tert-OH is 2. The maximum Gasteiger partial charge on any atom is 0.453 e. The summed E-state index contributed by atoms with van der Waals surface area (Å²) in [5.74, 6) is -6.19. The maximum atomic E-state index is 12.6. The van der Waals surface area contributed by atoms with E-state index in [9.17, 15) is 31.9 Å². The number of hydrogen-bond acceptors (Lipinski definition) is 4. The molecule has 0 spiro atoms. The van der Waals surface area contributed by atoms with Gasteiger partial charge < -0.3 is 21.1 Å². The summed E-state index contributed by atoms with van der Waals surface area (Å²) in [6.45, 7) is -0.921. The van der Waals surface area contributed by atoms with Crippen molar-refractivity contribution >= 4 is 5.97 Å². The molecule has 25 heavy (non-hydrogen) atoms. The minimum absolute atomic E-state index is 0.00232. The van der Waals surface area contributed by atoms with Gasteiger partial charge >= 0.3 is 18.1 Å². The number of carboxylic acids is 1. The zero-order valence-electron chi connectivity index (χ0n) is 13.6. The number of rotatable bonds is 12. The molecule has 5 N–H and O–H groups in total. The number of allylic oxidation sites excluding steroid dienone is 2. The van der Waals surface area contributed by atoms with Crippen molar-refractivity contribution in [2.24, 2.45) is 5.73 Å². The lowest BCUT2D eigenvalue weighted by Crippen LogP contribution is -2.60. The van der Waals surface area contributed by atoms with Crippen molar-refractivity contribution in [1.82, 2.24) is 0 Å². The van der Waals surface area contributed by atoms with Gasteiger partial charge in [-0.15, -0.1) is 0 Å². The van der Waals surface area contributed by atoms with Gasteiger partial charge in [0.1, 0.15) is 0 Å². The van der Waals surface area contributed by atoms with Crippen LogP contribution in [0.3, 0.4) is 0 Å². The van der Waals surface area contributed by atoms with Gasteiger partial charge in [0, 0.05) is 6.42 Å². The van der Waals surface area contributed by atoms with Gasteiger partial charge in [0.15, 0.2) is 5.54 Å². The number of carbonyl (C=O) groups is 1. The summed E-state index contributed by atoms with van der Waals surface area (Å²) in [4.78, 5) is 10.9. The van der Waals surface area contributed by atoms with E-state index in [-0.39, 0.29) is 25.7 Å². The highest BCUT2D eigenvalue weighted by Gasteiger charge is 2.56. The zero-order valence-corrected chi connectivity index (χ0v) is 13.6. The van der Waals surface area contributed by atoms with Crippen LogP contribution >= 0.6 is 0 Å². The van der Waals surface area contributed by atoms with E-state index in [0.717, 1.165) is 0 Å². The molecule has 0 amide bonds. The van der Waals surface area contributed by atoms with Crippen molar-refractivity contribution in [2.75, 3.05) is 6.61 Å². The molecule has 0 saturated carbocycles. The molecule has 0 heterocycles. The number of nitrogens with two attached hydrogens (primary N) is 1. The normalized spacial score (nSPS) is 16.8. The Balaban J connectivity index is 3.93. The number of unbranched alkanes of at least 4 members (excludes halogenated alkanes) is 3. The van der Waals surface area contributed by atoms with Crippen molar-refractivity contribution in [2.45, 2.75) is 68.7 Å². The summed E-state index contributed by atoms with van der Waals surface area (Å²) in [6.07, 6.45) is -3.80. The van der Waals surface area contributed by atoms with Crippen LogP contribution in [-0.4, -0.2) is 51.6 Å². The molecule has 0 radical (unpaired) electrons. The summed E-state index contributed by atoms with van der Waals surface area (Å²) < 4.78 is 61.1. The first-order valence-corrected chi connectivity index (χ1v) is 7.79. The molecule has 2 atom stereocenters. The quantitative estimate of drug-likeness (QED) is 0.238. The molecule has 0 aliphatic rings. The van der Waals surface area contributed by atoms with Crippen LogP contribution in [0.1, 0.15) is 44.9 Å². The van der Waals surface area contributed by atoms with E-state index < -0.39 is 42.7 Å². The van der Waals surface area contributed by atoms with E-state index in [1.807, 2.05) is 0 Å². The lowest BCUT2D eigenvalue weighted by atomic mass is 9.91. The van der Waals surface area contributed by atoms with Crippen LogP contribution < -0.4 is 5.73 Å². The molecule has 0 aliphatic carbocycles. The van der Waals surface area contributed by atoms with Gasteiger partial charge in [0.25, 0.3) is 0 Å². The molecule has 0 aromatic rings. The Bertz CT molecular complexity index is 442. The highest BCUT2D eigenvalue weighted by Crippen LogP contribution is 2.39. The van der Waals surface area contributed by atoms with Crippen molar-refractivity contribution in [1.29, 1.82) is 0 Å². The predicted molar refractivity (Wildman–Crippen MR) is 80.1 cm³/mol. The summed E-state index contributed by atoms with van der Waals surface area (Å²) in [5.41, 5.74) is 3.24. The lowest BCUT2D eigenvalue weighted by molar-refractivity contribution is -0.284. The molecule has 2 unspecified atom stereocenters. The largest absolute Gasteiger partial charge is 0.480 e. The first-order chi connectivity index (χ1) is 11.4. The van der Waals surface area contributed by atoms with Gasteiger partial charge in [-0.3, -0.25) is 4.79 Å². The summed E-state index contributed by atoms with van der Waals surface area (Å²) in [6, 6.07) is 0. The summed E-state index contributed by atoms with van der Waals surface area (Å²) in [7, 11) is 0. The van der Waals surface area contributed by atoms with Crippen molar-refractivity contribution < 1.29 is 42.1 Å². The van der Waals surface area contributed by atoms with Crippen LogP contribution in [0.2, 0.25) is 0 Å². The summed E-state index contributed by atoms with van der Waals surface area (Å²) in [5, 5.41) is 27.5. The van der Waals surface area contributed by atoms with Crippen LogP contribution in [0.5, 0.6) is 0 Å². The fourth-order valence-corrected chi connectivity index (χ4v) is 1.99. The molecule has 5 nitrogen and oxygen atoms in total. The fourth-order valence-electron chi connectivity index (χ4n) is 1.99. The number of aliphatic hydroxyl groups is 2. The average molecular weight is 377 g/mol. The third kappa shape index (κ3) is 7.66. The van der Waals surface area contributed by atoms with E-state index in [1.165, 1.54) is 0 Å². The Morgan fingerprint density at radius 3 is 2.08 bits per heavy atom. The number of carboxylic acid groups (broad SMARTS) is 1. The van der Waals surface area contributed by atoms with Crippen LogP contribution in [0, 0.1) is 0 Å². The predicted octanol–water partition coefficient (Wildman–Crippen LogP) is 2.61. The topological polar surface area (TPSA) is 104 Å². The molecule has 0 aliphatic heterocycles. The molecular weight excluding hydrogens is 353 g/mol. The Morgan fingerprint density at radius 1 is 1.04 bits per heavy atom. The van der Waals surface area contributed by atoms with Gasteiger partial charge in [0.2, 0.25) is 0 Å². The number of hydrogen-bond donors (Lipinski definition) is 4. The van der Waals surface area contributed by atoms with Crippen LogP contribution in [-0.2, 0) is 4.79 Å². The second kappa shape index (κ2) is 10.0. The zero-order chi connectivity index (χ0) is 19.7. The van der Waals surface area contributed by atoms with Gasteiger partial charge in [-0.25, -0.2) is 0 Å². The van der Waals surface area contributed by atoms with Gasteiger partial charge in [0.05, 0.1) is 12.7 Å². The van der Waals surface area contributed by atoms with Gasteiger partial charge in [-0.1, -0.05) is 18.6 Å². The standard InChI is InChI=1S/C15H24F5NO4/c16-14(17,15(18,19)20)9-7-5-3-1-2-4-6-8-11(23)13(21,10-22)12(24)25/h2,4,11,22-23H,1,3,5-10,21H2,(H,24,25)/b4-2+. The van der Waals surface area contributed by atoms with E-state index in [1.54, 1.807) is 12.2 Å². The van der Waals surface area contributed by atoms with Gasteiger partial charge in [-0.05, 0) is 32.1 Å². The van der Waals surface area contributed by atoms with Gasteiger partial charge in [-0.2, -0.15) is 22.0 Å². The third-order valence-corrected chi connectivity index (χ3v) is 3.80. The Morgan fingerprint density at radius 2 is 1.60 bits per heavy atom. The van der Waals surface area contributed by atoms with Crippen LogP contribution in [0.4, 0.5) is 22.0 Å². The molecule has 0 saturated heterocycles. The molecule has 0 aromatic carbocycles. The van der Waals surface area contributed by atoms with Crippen molar-refractivity contribution in [3.8, 4) is 0 Å².